The summed E-state index contributed by atoms with van der Waals surface area (Å²) in [5.41, 5.74) is 0.818. The molecule has 0 amide bonds. The lowest BCUT2D eigenvalue weighted by Crippen LogP contribution is -2.11. The Kier molecular flexibility index (Phi) is 6.79. The van der Waals surface area contributed by atoms with Crippen molar-refractivity contribution in [1.29, 1.82) is 0 Å². The van der Waals surface area contributed by atoms with Gasteiger partial charge in [-0.15, -0.1) is 0 Å². The van der Waals surface area contributed by atoms with Gasteiger partial charge in [0, 0.05) is 5.39 Å². The highest BCUT2D eigenvalue weighted by molar-refractivity contribution is 6.13. The van der Waals surface area contributed by atoms with Crippen molar-refractivity contribution in [3.63, 3.8) is 0 Å². The third-order valence-corrected chi connectivity index (χ3v) is 3.81. The Bertz CT molecular complexity index is 649. The molecule has 4 heteroatoms. The van der Waals surface area contributed by atoms with E-state index < -0.39 is 11.9 Å². The van der Waals surface area contributed by atoms with Crippen LogP contribution in [0.4, 0.5) is 0 Å². The Hall–Kier alpha value is -2.36. The maximum atomic E-state index is 12.4. The van der Waals surface area contributed by atoms with Crippen LogP contribution in [0.15, 0.2) is 36.4 Å². The molecular formula is C20H24O4. The van der Waals surface area contributed by atoms with Crippen molar-refractivity contribution in [2.45, 2.75) is 39.5 Å². The van der Waals surface area contributed by atoms with E-state index in [-0.39, 0.29) is 0 Å². The predicted molar refractivity (Wildman–Crippen MR) is 94.3 cm³/mol. The molecule has 0 saturated carbocycles. The van der Waals surface area contributed by atoms with Crippen molar-refractivity contribution >= 4 is 22.7 Å². The van der Waals surface area contributed by atoms with E-state index in [1.807, 2.05) is 26.0 Å². The molecule has 0 saturated heterocycles. The molecule has 0 aliphatic rings. The number of hydrogen-bond acceptors (Lipinski definition) is 4. The molecule has 0 atom stereocenters. The van der Waals surface area contributed by atoms with Crippen LogP contribution in [0.25, 0.3) is 10.8 Å². The number of hydrogen-bond donors (Lipinski definition) is 0. The van der Waals surface area contributed by atoms with Gasteiger partial charge in [-0.2, -0.15) is 0 Å². The van der Waals surface area contributed by atoms with Gasteiger partial charge in [0.15, 0.2) is 0 Å². The minimum absolute atomic E-state index is 0.384. The fourth-order valence-electron chi connectivity index (χ4n) is 2.46. The van der Waals surface area contributed by atoms with E-state index in [1.54, 1.807) is 24.3 Å². The largest absolute Gasteiger partial charge is 0.462 e. The normalized spacial score (nSPS) is 10.6. The third-order valence-electron chi connectivity index (χ3n) is 3.81. The van der Waals surface area contributed by atoms with Gasteiger partial charge in [-0.1, -0.05) is 51.0 Å². The molecule has 2 rings (SSSR count). The molecular weight excluding hydrogens is 304 g/mol. The first-order chi connectivity index (χ1) is 11.7. The van der Waals surface area contributed by atoms with Crippen LogP contribution in [0.2, 0.25) is 0 Å². The second-order valence-corrected chi connectivity index (χ2v) is 5.69. The summed E-state index contributed by atoms with van der Waals surface area (Å²) in [6.07, 6.45) is 3.56. The minimum atomic E-state index is -0.400. The van der Waals surface area contributed by atoms with Gasteiger partial charge in [0.05, 0.1) is 24.3 Å². The number of fused-ring (bicyclic) bond motifs is 1. The lowest BCUT2D eigenvalue weighted by molar-refractivity contribution is 0.0500. The van der Waals surface area contributed by atoms with Crippen LogP contribution in [0.5, 0.6) is 0 Å². The standard InChI is InChI=1S/C20H24O4/c1-3-5-13-23-19(21)16-11-7-9-15-10-8-12-17(18(15)16)20(22)24-14-6-4-2/h7-12H,3-6,13-14H2,1-2H3. The Morgan fingerprint density at radius 2 is 1.25 bits per heavy atom. The fraction of sp³-hybridized carbons (Fsp3) is 0.400. The SMILES string of the molecule is CCCCOC(=O)c1cccc2cccc(C(=O)OCCCC)c12. The van der Waals surface area contributed by atoms with Crippen molar-refractivity contribution in [3.8, 4) is 0 Å². The Balaban J connectivity index is 2.34. The zero-order chi connectivity index (χ0) is 17.4. The first-order valence-electron chi connectivity index (χ1n) is 8.55. The van der Waals surface area contributed by atoms with Crippen LogP contribution >= 0.6 is 0 Å². The summed E-state index contributed by atoms with van der Waals surface area (Å²) in [7, 11) is 0. The minimum Gasteiger partial charge on any atom is -0.462 e. The van der Waals surface area contributed by atoms with Gasteiger partial charge in [0.2, 0.25) is 0 Å². The highest BCUT2D eigenvalue weighted by atomic mass is 16.5. The van der Waals surface area contributed by atoms with Gasteiger partial charge < -0.3 is 9.47 Å². The van der Waals surface area contributed by atoms with Gasteiger partial charge in [0.1, 0.15) is 0 Å². The molecule has 128 valence electrons. The average Bonchev–Trinajstić information content (AvgIpc) is 2.61. The maximum absolute atomic E-state index is 12.4. The predicted octanol–water partition coefficient (Wildman–Crippen LogP) is 4.75. The molecule has 0 fully saturated rings. The van der Waals surface area contributed by atoms with Gasteiger partial charge >= 0.3 is 11.9 Å². The summed E-state index contributed by atoms with van der Waals surface area (Å²) in [5, 5.41) is 1.42. The van der Waals surface area contributed by atoms with E-state index >= 15 is 0 Å². The molecule has 0 aliphatic carbocycles. The Labute approximate surface area is 142 Å². The summed E-state index contributed by atoms with van der Waals surface area (Å²) in [6.45, 7) is 4.84. The molecule has 0 aliphatic heterocycles. The first-order valence-corrected chi connectivity index (χ1v) is 8.55. The van der Waals surface area contributed by atoms with E-state index in [1.165, 1.54) is 0 Å². The number of ether oxygens (including phenoxy) is 2. The van der Waals surface area contributed by atoms with E-state index in [2.05, 4.69) is 0 Å². The molecule has 0 N–H and O–H groups in total. The number of carbonyl (C=O) groups excluding carboxylic acids is 2. The molecule has 2 aromatic carbocycles. The smallest absolute Gasteiger partial charge is 0.338 e. The van der Waals surface area contributed by atoms with Gasteiger partial charge in [-0.05, 0) is 30.4 Å². The molecule has 0 unspecified atom stereocenters. The quantitative estimate of drug-likeness (QED) is 0.518. The van der Waals surface area contributed by atoms with Crippen molar-refractivity contribution in [2.24, 2.45) is 0 Å². The van der Waals surface area contributed by atoms with Crippen LogP contribution in [-0.4, -0.2) is 25.2 Å². The number of rotatable bonds is 8. The molecule has 2 aromatic rings. The maximum Gasteiger partial charge on any atom is 0.338 e. The highest BCUT2D eigenvalue weighted by Crippen LogP contribution is 2.25. The van der Waals surface area contributed by atoms with Gasteiger partial charge in [0.25, 0.3) is 0 Å². The molecule has 0 radical (unpaired) electrons. The van der Waals surface area contributed by atoms with Crippen LogP contribution in [0, 0.1) is 0 Å². The molecule has 0 bridgehead atoms. The Morgan fingerprint density at radius 3 is 1.67 bits per heavy atom. The summed E-state index contributed by atoms with van der Waals surface area (Å²) in [5.74, 6) is -0.800. The first kappa shape index (κ1) is 18.0. The van der Waals surface area contributed by atoms with Gasteiger partial charge in [-0.25, -0.2) is 9.59 Å². The second kappa shape index (κ2) is 9.06. The lowest BCUT2D eigenvalue weighted by atomic mass is 9.99. The summed E-state index contributed by atoms with van der Waals surface area (Å²) < 4.78 is 10.6. The zero-order valence-corrected chi connectivity index (χ0v) is 14.3. The van der Waals surface area contributed by atoms with E-state index in [0.29, 0.717) is 29.7 Å². The lowest BCUT2D eigenvalue weighted by Gasteiger charge is -2.11. The van der Waals surface area contributed by atoms with Crippen molar-refractivity contribution in [3.05, 3.63) is 47.5 Å². The topological polar surface area (TPSA) is 52.6 Å². The summed E-state index contributed by atoms with van der Waals surface area (Å²) in [6, 6.07) is 10.7. The van der Waals surface area contributed by atoms with Crippen molar-refractivity contribution in [2.75, 3.05) is 13.2 Å². The number of esters is 2. The van der Waals surface area contributed by atoms with E-state index in [4.69, 9.17) is 9.47 Å². The molecule has 24 heavy (non-hydrogen) atoms. The monoisotopic (exact) mass is 328 g/mol. The summed E-state index contributed by atoms with van der Waals surface area (Å²) in [4.78, 5) is 24.8. The Morgan fingerprint density at radius 1 is 0.792 bits per heavy atom. The fourth-order valence-corrected chi connectivity index (χ4v) is 2.46. The third kappa shape index (κ3) is 4.34. The van der Waals surface area contributed by atoms with Gasteiger partial charge in [-0.3, -0.25) is 0 Å². The molecule has 4 nitrogen and oxygen atoms in total. The van der Waals surface area contributed by atoms with E-state index in [0.717, 1.165) is 31.1 Å². The van der Waals surface area contributed by atoms with Crippen molar-refractivity contribution < 1.29 is 19.1 Å². The number of unbranched alkanes of at least 4 members (excludes halogenated alkanes) is 2. The number of carbonyl (C=O) groups is 2. The van der Waals surface area contributed by atoms with Crippen molar-refractivity contribution in [1.82, 2.24) is 0 Å². The molecule has 0 aromatic heterocycles. The number of benzene rings is 2. The van der Waals surface area contributed by atoms with E-state index in [9.17, 15) is 9.59 Å². The second-order valence-electron chi connectivity index (χ2n) is 5.69. The average molecular weight is 328 g/mol. The molecule has 0 heterocycles. The van der Waals surface area contributed by atoms with Crippen LogP contribution in [0.3, 0.4) is 0 Å². The highest BCUT2D eigenvalue weighted by Gasteiger charge is 2.18. The zero-order valence-electron chi connectivity index (χ0n) is 14.3. The summed E-state index contributed by atoms with van der Waals surface area (Å²) >= 11 is 0. The van der Waals surface area contributed by atoms with Crippen LogP contribution in [-0.2, 0) is 9.47 Å². The van der Waals surface area contributed by atoms with Crippen LogP contribution < -0.4 is 0 Å². The van der Waals surface area contributed by atoms with Crippen LogP contribution in [0.1, 0.15) is 60.2 Å². The molecule has 0 spiro atoms.